The van der Waals surface area contributed by atoms with E-state index in [0.717, 1.165) is 25.7 Å². The Morgan fingerprint density at radius 1 is 0.676 bits per heavy atom. The highest BCUT2D eigenvalue weighted by Crippen LogP contribution is 2.14. The number of carbonyl (C=O) groups is 1. The second-order valence-corrected chi connectivity index (χ2v) is 11.1. The van der Waals surface area contributed by atoms with Crippen molar-refractivity contribution >= 4 is 5.91 Å². The molecule has 0 bridgehead atoms. The van der Waals surface area contributed by atoms with E-state index in [1.54, 1.807) is 6.08 Å². The normalized spacial score (nSPS) is 14.2. The van der Waals surface area contributed by atoms with Gasteiger partial charge in [-0.15, -0.1) is 0 Å². The Kier molecular flexibility index (Phi) is 27.4. The van der Waals surface area contributed by atoms with Crippen LogP contribution in [0, 0.1) is 0 Å². The monoisotopic (exact) mass is 525 g/mol. The van der Waals surface area contributed by atoms with Crippen LogP contribution in [0.1, 0.15) is 162 Å². The average molecular weight is 526 g/mol. The van der Waals surface area contributed by atoms with Gasteiger partial charge in [0.05, 0.1) is 31.3 Å². The molecule has 37 heavy (non-hydrogen) atoms. The lowest BCUT2D eigenvalue weighted by molar-refractivity contribution is -0.124. The maximum absolute atomic E-state index is 12.2. The molecule has 1 amide bonds. The molecule has 0 heterocycles. The molecule has 0 saturated carbocycles. The van der Waals surface area contributed by atoms with Crippen LogP contribution in [0.3, 0.4) is 0 Å². The number of rotatable bonds is 28. The molecule has 0 aromatic heterocycles. The Hall–Kier alpha value is -0.910. The van der Waals surface area contributed by atoms with E-state index in [1.165, 1.54) is 109 Å². The van der Waals surface area contributed by atoms with E-state index in [0.29, 0.717) is 6.42 Å². The molecule has 0 spiro atoms. The summed E-state index contributed by atoms with van der Waals surface area (Å²) in [6.45, 7) is 4.15. The van der Waals surface area contributed by atoms with Gasteiger partial charge >= 0.3 is 0 Å². The van der Waals surface area contributed by atoms with Gasteiger partial charge in [-0.1, -0.05) is 148 Å². The predicted octanol–water partition coefficient (Wildman–Crippen LogP) is 7.75. The number of allylic oxidation sites excluding steroid dienone is 1. The van der Waals surface area contributed by atoms with Crippen molar-refractivity contribution in [3.05, 3.63) is 12.2 Å². The van der Waals surface area contributed by atoms with Crippen LogP contribution >= 0.6 is 0 Å². The highest BCUT2D eigenvalue weighted by molar-refractivity contribution is 5.76. The van der Waals surface area contributed by atoms with Crippen LogP contribution in [0.4, 0.5) is 0 Å². The van der Waals surface area contributed by atoms with E-state index >= 15 is 0 Å². The van der Waals surface area contributed by atoms with Gasteiger partial charge in [-0.3, -0.25) is 4.79 Å². The van der Waals surface area contributed by atoms with Crippen molar-refractivity contribution in [1.29, 1.82) is 0 Å². The third kappa shape index (κ3) is 25.1. The summed E-state index contributed by atoms with van der Waals surface area (Å²) in [5, 5.41) is 32.8. The van der Waals surface area contributed by atoms with Gasteiger partial charge in [-0.2, -0.15) is 0 Å². The second kappa shape index (κ2) is 28.1. The fraction of sp³-hybridized carbons (Fsp3) is 0.906. The van der Waals surface area contributed by atoms with Crippen LogP contribution in [0.2, 0.25) is 0 Å². The largest absolute Gasteiger partial charge is 0.394 e. The lowest BCUT2D eigenvalue weighted by atomic mass is 10.0. The zero-order chi connectivity index (χ0) is 27.4. The molecule has 0 fully saturated rings. The minimum atomic E-state index is -0.920. The molecule has 220 valence electrons. The first-order valence-corrected chi connectivity index (χ1v) is 16.0. The van der Waals surface area contributed by atoms with Crippen LogP contribution in [-0.4, -0.2) is 46.1 Å². The Balaban J connectivity index is 3.79. The van der Waals surface area contributed by atoms with Gasteiger partial charge in [0.15, 0.2) is 0 Å². The molecule has 0 aliphatic carbocycles. The van der Waals surface area contributed by atoms with Crippen LogP contribution in [0.15, 0.2) is 12.2 Å². The van der Waals surface area contributed by atoms with Gasteiger partial charge in [-0.05, 0) is 19.3 Å². The third-order valence-electron chi connectivity index (χ3n) is 7.32. The maximum Gasteiger partial charge on any atom is 0.222 e. The molecule has 5 heteroatoms. The number of amides is 1. The summed E-state index contributed by atoms with van der Waals surface area (Å²) >= 11 is 0. The summed E-state index contributed by atoms with van der Waals surface area (Å²) in [7, 11) is 0. The standard InChI is InChI=1S/C32H63NO4/c1-3-5-7-9-11-13-14-15-16-17-18-20-22-24-26-31(36)30(28-34)33-32(37)27-29(35)25-23-21-19-12-10-8-6-4-2/h24,26,29-31,34-36H,3-23,25,27-28H2,1-2H3,(H,33,37)/b26-24+. The highest BCUT2D eigenvalue weighted by atomic mass is 16.3. The molecule has 5 nitrogen and oxygen atoms in total. The molecule has 0 aliphatic rings. The Morgan fingerprint density at radius 3 is 1.57 bits per heavy atom. The zero-order valence-corrected chi connectivity index (χ0v) is 24.6. The van der Waals surface area contributed by atoms with Crippen molar-refractivity contribution in [2.45, 2.75) is 180 Å². The Morgan fingerprint density at radius 2 is 1.11 bits per heavy atom. The van der Waals surface area contributed by atoms with Gasteiger partial charge < -0.3 is 20.6 Å². The minimum Gasteiger partial charge on any atom is -0.394 e. The van der Waals surface area contributed by atoms with Crippen molar-refractivity contribution in [2.75, 3.05) is 6.61 Å². The summed E-state index contributed by atoms with van der Waals surface area (Å²) in [6.07, 6.45) is 29.0. The van der Waals surface area contributed by atoms with Crippen molar-refractivity contribution < 1.29 is 20.1 Å². The number of nitrogens with one attached hydrogen (secondary N) is 1. The first-order valence-electron chi connectivity index (χ1n) is 16.0. The van der Waals surface area contributed by atoms with E-state index in [-0.39, 0.29) is 18.9 Å². The molecule has 0 aromatic rings. The summed E-state index contributed by atoms with van der Waals surface area (Å²) in [5.74, 6) is -0.320. The molecule has 3 unspecified atom stereocenters. The van der Waals surface area contributed by atoms with Crippen LogP contribution in [-0.2, 0) is 4.79 Å². The summed E-state index contributed by atoms with van der Waals surface area (Å²) in [5.41, 5.74) is 0. The molecular weight excluding hydrogens is 462 g/mol. The van der Waals surface area contributed by atoms with E-state index in [4.69, 9.17) is 0 Å². The Bertz CT molecular complexity index is 511. The van der Waals surface area contributed by atoms with Crippen LogP contribution in [0.5, 0.6) is 0 Å². The van der Waals surface area contributed by atoms with Crippen molar-refractivity contribution in [3.8, 4) is 0 Å². The number of hydrogen-bond acceptors (Lipinski definition) is 4. The minimum absolute atomic E-state index is 0.0162. The van der Waals surface area contributed by atoms with Crippen LogP contribution < -0.4 is 5.32 Å². The topological polar surface area (TPSA) is 89.8 Å². The first-order chi connectivity index (χ1) is 18.0. The molecular formula is C32H63NO4. The van der Waals surface area contributed by atoms with Crippen molar-refractivity contribution in [3.63, 3.8) is 0 Å². The molecule has 0 rings (SSSR count). The number of aliphatic hydroxyl groups is 3. The molecule has 0 radical (unpaired) electrons. The van der Waals surface area contributed by atoms with Crippen molar-refractivity contribution in [2.24, 2.45) is 0 Å². The zero-order valence-electron chi connectivity index (χ0n) is 24.6. The van der Waals surface area contributed by atoms with E-state index in [9.17, 15) is 20.1 Å². The summed E-state index contributed by atoms with van der Waals surface area (Å²) < 4.78 is 0. The highest BCUT2D eigenvalue weighted by Gasteiger charge is 2.20. The lowest BCUT2D eigenvalue weighted by Crippen LogP contribution is -2.45. The van der Waals surface area contributed by atoms with Crippen LogP contribution in [0.25, 0.3) is 0 Å². The molecule has 4 N–H and O–H groups in total. The second-order valence-electron chi connectivity index (χ2n) is 11.1. The molecule has 3 atom stereocenters. The Labute approximate surface area is 229 Å². The van der Waals surface area contributed by atoms with Gasteiger partial charge in [-0.25, -0.2) is 0 Å². The van der Waals surface area contributed by atoms with Crippen molar-refractivity contribution in [1.82, 2.24) is 5.32 Å². The number of carbonyl (C=O) groups excluding carboxylic acids is 1. The summed E-state index contributed by atoms with van der Waals surface area (Å²) in [6, 6.07) is -0.735. The average Bonchev–Trinajstić information content (AvgIpc) is 2.88. The maximum atomic E-state index is 12.2. The smallest absolute Gasteiger partial charge is 0.222 e. The molecule has 0 aromatic carbocycles. The van der Waals surface area contributed by atoms with Gasteiger partial charge in [0.1, 0.15) is 0 Å². The fourth-order valence-electron chi connectivity index (χ4n) is 4.81. The van der Waals surface area contributed by atoms with Gasteiger partial charge in [0.25, 0.3) is 0 Å². The molecule has 0 aliphatic heterocycles. The number of unbranched alkanes of at least 4 members (excludes halogenated alkanes) is 19. The predicted molar refractivity (Wildman–Crippen MR) is 158 cm³/mol. The fourth-order valence-corrected chi connectivity index (χ4v) is 4.81. The van der Waals surface area contributed by atoms with E-state index < -0.39 is 18.2 Å². The first kappa shape index (κ1) is 36.1. The van der Waals surface area contributed by atoms with E-state index in [1.807, 2.05) is 6.08 Å². The summed E-state index contributed by atoms with van der Waals surface area (Å²) in [4.78, 5) is 12.2. The van der Waals surface area contributed by atoms with E-state index in [2.05, 4.69) is 19.2 Å². The van der Waals surface area contributed by atoms with Gasteiger partial charge in [0, 0.05) is 0 Å². The quantitative estimate of drug-likeness (QED) is 0.0621. The lowest BCUT2D eigenvalue weighted by Gasteiger charge is -2.21. The molecule has 0 saturated heterocycles. The SMILES string of the molecule is CCCCCCCCCCCCCC/C=C/C(O)C(CO)NC(=O)CC(O)CCCCCCCCCC. The third-order valence-corrected chi connectivity index (χ3v) is 7.32. The van der Waals surface area contributed by atoms with Gasteiger partial charge in [0.2, 0.25) is 5.91 Å². The number of hydrogen-bond donors (Lipinski definition) is 4. The number of aliphatic hydroxyl groups excluding tert-OH is 3.